The highest BCUT2D eigenvalue weighted by Crippen LogP contribution is 2.35. The van der Waals surface area contributed by atoms with Gasteiger partial charge in [0.05, 0.1) is 3.79 Å². The number of aliphatic hydroxyl groups is 1. The molecule has 0 spiro atoms. The molecule has 0 aliphatic carbocycles. The summed E-state index contributed by atoms with van der Waals surface area (Å²) in [5.74, 6) is -0.408. The first-order valence-corrected chi connectivity index (χ1v) is 7.28. The molecule has 0 saturated carbocycles. The Bertz CT molecular complexity index is 534. The molecule has 0 radical (unpaired) electrons. The number of aryl methyl sites for hydroxylation is 1. The van der Waals surface area contributed by atoms with Gasteiger partial charge in [-0.2, -0.15) is 0 Å². The van der Waals surface area contributed by atoms with Crippen molar-refractivity contribution in [3.8, 4) is 0 Å². The standard InChI is InChI=1S/C12H9Br2FOS/c1-6-4-10(17-12(6)14)11(16)8-3-2-7(13)5-9(8)15/h2-5,11,16H,1H3. The summed E-state index contributed by atoms with van der Waals surface area (Å²) >= 11 is 8.00. The van der Waals surface area contributed by atoms with Crippen LogP contribution >= 0.6 is 43.2 Å². The molecular weight excluding hydrogens is 371 g/mol. The summed E-state index contributed by atoms with van der Waals surface area (Å²) in [6, 6.07) is 6.53. The molecule has 1 N–H and O–H groups in total. The molecule has 0 aliphatic rings. The molecule has 1 aromatic heterocycles. The van der Waals surface area contributed by atoms with Crippen LogP contribution in [0.2, 0.25) is 0 Å². The highest BCUT2D eigenvalue weighted by molar-refractivity contribution is 9.11. The van der Waals surface area contributed by atoms with Crippen LogP contribution in [0.4, 0.5) is 4.39 Å². The van der Waals surface area contributed by atoms with Gasteiger partial charge >= 0.3 is 0 Å². The second-order valence-corrected chi connectivity index (χ2v) is 6.99. The van der Waals surface area contributed by atoms with Gasteiger partial charge in [-0.05, 0) is 46.6 Å². The van der Waals surface area contributed by atoms with Crippen LogP contribution in [0.25, 0.3) is 0 Å². The molecule has 2 rings (SSSR count). The van der Waals surface area contributed by atoms with Crippen molar-refractivity contribution in [2.24, 2.45) is 0 Å². The van der Waals surface area contributed by atoms with Gasteiger partial charge < -0.3 is 5.11 Å². The second-order valence-electron chi connectivity index (χ2n) is 3.67. The highest BCUT2D eigenvalue weighted by Gasteiger charge is 2.18. The molecule has 17 heavy (non-hydrogen) atoms. The first-order chi connectivity index (χ1) is 7.99. The zero-order valence-corrected chi connectivity index (χ0v) is 12.9. The lowest BCUT2D eigenvalue weighted by atomic mass is 10.1. The fourth-order valence-electron chi connectivity index (χ4n) is 1.49. The lowest BCUT2D eigenvalue weighted by Crippen LogP contribution is -2.00. The normalized spacial score (nSPS) is 12.8. The van der Waals surface area contributed by atoms with Crippen LogP contribution < -0.4 is 0 Å². The Hall–Kier alpha value is -0.230. The van der Waals surface area contributed by atoms with E-state index in [0.29, 0.717) is 10.0 Å². The van der Waals surface area contributed by atoms with Crippen LogP contribution in [0, 0.1) is 12.7 Å². The Morgan fingerprint density at radius 1 is 1.29 bits per heavy atom. The van der Waals surface area contributed by atoms with Gasteiger partial charge in [-0.1, -0.05) is 22.0 Å². The number of rotatable bonds is 2. The molecule has 2 aromatic rings. The summed E-state index contributed by atoms with van der Waals surface area (Å²) in [7, 11) is 0. The molecular formula is C12H9Br2FOS. The third kappa shape index (κ3) is 2.78. The maximum Gasteiger partial charge on any atom is 0.130 e. The average Bonchev–Trinajstić information content (AvgIpc) is 2.58. The molecule has 1 nitrogen and oxygen atoms in total. The van der Waals surface area contributed by atoms with E-state index in [4.69, 9.17) is 0 Å². The number of thiophene rings is 1. The molecule has 1 unspecified atom stereocenters. The first-order valence-electron chi connectivity index (χ1n) is 4.88. The van der Waals surface area contributed by atoms with E-state index in [1.165, 1.54) is 17.4 Å². The van der Waals surface area contributed by atoms with E-state index in [1.54, 1.807) is 12.1 Å². The molecule has 0 bridgehead atoms. The largest absolute Gasteiger partial charge is 0.383 e. The summed E-state index contributed by atoms with van der Waals surface area (Å²) in [5.41, 5.74) is 1.34. The third-order valence-corrected chi connectivity index (χ3v) is 5.09. The number of hydrogen-bond acceptors (Lipinski definition) is 2. The molecule has 0 aliphatic heterocycles. The Labute approximate surface area is 120 Å². The fraction of sp³-hybridized carbons (Fsp3) is 0.167. The van der Waals surface area contributed by atoms with Gasteiger partial charge in [0.1, 0.15) is 11.9 Å². The van der Waals surface area contributed by atoms with Crippen molar-refractivity contribution in [1.29, 1.82) is 0 Å². The molecule has 1 heterocycles. The van der Waals surface area contributed by atoms with Crippen molar-refractivity contribution in [2.75, 3.05) is 0 Å². The molecule has 1 atom stereocenters. The van der Waals surface area contributed by atoms with E-state index in [2.05, 4.69) is 31.9 Å². The molecule has 1 aromatic carbocycles. The van der Waals surface area contributed by atoms with Crippen molar-refractivity contribution in [2.45, 2.75) is 13.0 Å². The van der Waals surface area contributed by atoms with Crippen molar-refractivity contribution in [3.63, 3.8) is 0 Å². The van der Waals surface area contributed by atoms with Crippen LogP contribution in [0.3, 0.4) is 0 Å². The van der Waals surface area contributed by atoms with Crippen LogP contribution in [-0.4, -0.2) is 5.11 Å². The minimum atomic E-state index is -0.918. The Kier molecular flexibility index (Phi) is 4.02. The summed E-state index contributed by atoms with van der Waals surface area (Å²) in [6.07, 6.45) is -0.918. The second kappa shape index (κ2) is 5.18. The van der Waals surface area contributed by atoms with Crippen LogP contribution in [0.5, 0.6) is 0 Å². The smallest absolute Gasteiger partial charge is 0.130 e. The monoisotopic (exact) mass is 378 g/mol. The van der Waals surface area contributed by atoms with E-state index < -0.39 is 11.9 Å². The lowest BCUT2D eigenvalue weighted by Gasteiger charge is -2.10. The predicted octanol–water partition coefficient (Wildman–Crippen LogP) is 4.80. The Morgan fingerprint density at radius 3 is 2.53 bits per heavy atom. The van der Waals surface area contributed by atoms with E-state index in [0.717, 1.165) is 14.2 Å². The number of aliphatic hydroxyl groups excluding tert-OH is 1. The summed E-state index contributed by atoms with van der Waals surface area (Å²) in [6.45, 7) is 1.94. The zero-order valence-electron chi connectivity index (χ0n) is 8.88. The molecule has 5 heteroatoms. The minimum absolute atomic E-state index is 0.293. The van der Waals surface area contributed by atoms with Gasteiger partial charge in [0.2, 0.25) is 0 Å². The molecule has 0 fully saturated rings. The van der Waals surface area contributed by atoms with Crippen LogP contribution in [-0.2, 0) is 0 Å². The van der Waals surface area contributed by atoms with Gasteiger partial charge in [0.25, 0.3) is 0 Å². The zero-order chi connectivity index (χ0) is 12.6. The highest BCUT2D eigenvalue weighted by atomic mass is 79.9. The molecule has 0 saturated heterocycles. The van der Waals surface area contributed by atoms with E-state index in [-0.39, 0.29) is 0 Å². The predicted molar refractivity (Wildman–Crippen MR) is 74.9 cm³/mol. The van der Waals surface area contributed by atoms with Crippen LogP contribution in [0.15, 0.2) is 32.5 Å². The Morgan fingerprint density at radius 2 is 2.00 bits per heavy atom. The van der Waals surface area contributed by atoms with Crippen molar-refractivity contribution < 1.29 is 9.50 Å². The fourth-order valence-corrected chi connectivity index (χ4v) is 3.40. The van der Waals surface area contributed by atoms with Crippen molar-refractivity contribution in [1.82, 2.24) is 0 Å². The van der Waals surface area contributed by atoms with Gasteiger partial charge in [-0.3, -0.25) is 0 Å². The van der Waals surface area contributed by atoms with Crippen LogP contribution in [0.1, 0.15) is 22.1 Å². The molecule has 0 amide bonds. The Balaban J connectivity index is 2.39. The third-order valence-electron chi connectivity index (χ3n) is 2.40. The maximum atomic E-state index is 13.7. The van der Waals surface area contributed by atoms with Gasteiger partial charge in [0, 0.05) is 14.9 Å². The van der Waals surface area contributed by atoms with Gasteiger partial charge in [-0.25, -0.2) is 4.39 Å². The number of halogens is 3. The van der Waals surface area contributed by atoms with E-state index in [1.807, 2.05) is 13.0 Å². The van der Waals surface area contributed by atoms with Crippen molar-refractivity contribution in [3.05, 3.63) is 54.3 Å². The average molecular weight is 380 g/mol. The SMILES string of the molecule is Cc1cc(C(O)c2ccc(Br)cc2F)sc1Br. The topological polar surface area (TPSA) is 20.2 Å². The first kappa shape index (κ1) is 13.2. The lowest BCUT2D eigenvalue weighted by molar-refractivity contribution is 0.218. The van der Waals surface area contributed by atoms with Gasteiger partial charge in [0.15, 0.2) is 0 Å². The number of hydrogen-bond donors (Lipinski definition) is 1. The van der Waals surface area contributed by atoms with E-state index in [9.17, 15) is 9.50 Å². The number of benzene rings is 1. The van der Waals surface area contributed by atoms with Crippen molar-refractivity contribution >= 4 is 43.2 Å². The minimum Gasteiger partial charge on any atom is -0.383 e. The molecule has 90 valence electrons. The maximum absolute atomic E-state index is 13.7. The summed E-state index contributed by atoms with van der Waals surface area (Å²) in [4.78, 5) is 0.732. The summed E-state index contributed by atoms with van der Waals surface area (Å²) in [5, 5.41) is 10.1. The summed E-state index contributed by atoms with van der Waals surface area (Å²) < 4.78 is 15.3. The van der Waals surface area contributed by atoms with E-state index >= 15 is 0 Å². The quantitative estimate of drug-likeness (QED) is 0.794. The van der Waals surface area contributed by atoms with Gasteiger partial charge in [-0.15, -0.1) is 11.3 Å².